The molecule has 25 heavy (non-hydrogen) atoms. The first-order valence-electron chi connectivity index (χ1n) is 9.54. The molecule has 0 aliphatic carbocycles. The van der Waals surface area contributed by atoms with Crippen molar-refractivity contribution >= 4 is 0 Å². The van der Waals surface area contributed by atoms with Gasteiger partial charge in [0.25, 0.3) is 0 Å². The molecule has 2 saturated heterocycles. The largest absolute Gasteiger partial charge is 0.383 e. The molecular weight excluding hydrogens is 308 g/mol. The number of piperidine rings is 1. The van der Waals surface area contributed by atoms with Gasteiger partial charge in [-0.3, -0.25) is 9.80 Å². The number of hydrogen-bond donors (Lipinski definition) is 1. The normalized spacial score (nSPS) is 28.3. The van der Waals surface area contributed by atoms with E-state index >= 15 is 0 Å². The van der Waals surface area contributed by atoms with Crippen LogP contribution in [0.2, 0.25) is 0 Å². The van der Waals surface area contributed by atoms with Crippen molar-refractivity contribution in [1.82, 2.24) is 9.80 Å². The fraction of sp³-hybridized carbons (Fsp3) is 0.455. The first-order chi connectivity index (χ1) is 12.3. The highest BCUT2D eigenvalue weighted by Crippen LogP contribution is 2.37. The molecule has 1 N–H and O–H groups in total. The minimum absolute atomic E-state index is 0.176. The van der Waals surface area contributed by atoms with Gasteiger partial charge in [-0.2, -0.15) is 0 Å². The summed E-state index contributed by atoms with van der Waals surface area (Å²) >= 11 is 0. The molecule has 2 aliphatic heterocycles. The van der Waals surface area contributed by atoms with Crippen molar-refractivity contribution in [2.75, 3.05) is 26.2 Å². The maximum atomic E-state index is 11.7. The van der Waals surface area contributed by atoms with E-state index in [0.717, 1.165) is 44.7 Å². The van der Waals surface area contributed by atoms with E-state index in [1.807, 2.05) is 18.2 Å². The highest BCUT2D eigenvalue weighted by atomic mass is 16.3. The quantitative estimate of drug-likeness (QED) is 0.928. The topological polar surface area (TPSA) is 26.7 Å². The van der Waals surface area contributed by atoms with E-state index in [0.29, 0.717) is 0 Å². The Balaban J connectivity index is 1.57. The molecule has 3 heteroatoms. The van der Waals surface area contributed by atoms with Gasteiger partial charge in [-0.1, -0.05) is 60.7 Å². The second kappa shape index (κ2) is 7.28. The smallest absolute Gasteiger partial charge is 0.108 e. The van der Waals surface area contributed by atoms with Crippen LogP contribution in [0.1, 0.15) is 30.4 Å². The molecule has 3 nitrogen and oxygen atoms in total. The van der Waals surface area contributed by atoms with Crippen LogP contribution < -0.4 is 0 Å². The second-order valence-electron chi connectivity index (χ2n) is 7.52. The van der Waals surface area contributed by atoms with Gasteiger partial charge in [0.05, 0.1) is 6.04 Å². The molecule has 2 aliphatic rings. The predicted octanol–water partition coefficient (Wildman–Crippen LogP) is 3.24. The van der Waals surface area contributed by atoms with Gasteiger partial charge >= 0.3 is 0 Å². The van der Waals surface area contributed by atoms with E-state index in [1.54, 1.807) is 0 Å². The Morgan fingerprint density at radius 1 is 0.880 bits per heavy atom. The van der Waals surface area contributed by atoms with Gasteiger partial charge in [-0.05, 0) is 43.5 Å². The summed E-state index contributed by atoms with van der Waals surface area (Å²) in [7, 11) is 0. The Bertz CT molecular complexity index is 669. The van der Waals surface area contributed by atoms with Gasteiger partial charge < -0.3 is 5.11 Å². The lowest BCUT2D eigenvalue weighted by molar-refractivity contribution is -0.0959. The highest BCUT2D eigenvalue weighted by Gasteiger charge is 2.46. The lowest BCUT2D eigenvalue weighted by atomic mass is 9.79. The zero-order valence-electron chi connectivity index (χ0n) is 14.8. The molecule has 0 amide bonds. The average molecular weight is 336 g/mol. The lowest BCUT2D eigenvalue weighted by Crippen LogP contribution is -2.60. The van der Waals surface area contributed by atoms with E-state index in [2.05, 4.69) is 52.3 Å². The van der Waals surface area contributed by atoms with Crippen molar-refractivity contribution in [3.8, 4) is 0 Å². The number of likely N-dealkylation sites (tertiary alicyclic amines) is 2. The van der Waals surface area contributed by atoms with Crippen molar-refractivity contribution in [1.29, 1.82) is 0 Å². The van der Waals surface area contributed by atoms with Crippen molar-refractivity contribution in [3.05, 3.63) is 71.8 Å². The molecule has 0 bridgehead atoms. The molecule has 0 saturated carbocycles. The minimum atomic E-state index is -0.737. The Kier molecular flexibility index (Phi) is 4.89. The van der Waals surface area contributed by atoms with E-state index in [1.165, 1.54) is 18.4 Å². The van der Waals surface area contributed by atoms with Crippen LogP contribution in [-0.4, -0.2) is 47.1 Å². The third-order valence-electron chi connectivity index (χ3n) is 5.90. The molecular formula is C22H28N2O. The van der Waals surface area contributed by atoms with Crippen molar-refractivity contribution < 1.29 is 5.11 Å². The van der Waals surface area contributed by atoms with E-state index in [9.17, 15) is 5.11 Å². The standard InChI is InChI=1S/C22H28N2O/c25-22(20-11-5-2-6-12-20)13-16-23(17-19-9-3-1-4-10-19)18-21(22)24-14-7-8-15-24/h1-6,9-12,21,25H,7-8,13-18H2/t21-,22+/m1/s1. The molecule has 0 aromatic heterocycles. The summed E-state index contributed by atoms with van der Waals surface area (Å²) in [5.41, 5.74) is 1.69. The Morgan fingerprint density at radius 2 is 1.52 bits per heavy atom. The summed E-state index contributed by atoms with van der Waals surface area (Å²) in [5.74, 6) is 0. The van der Waals surface area contributed by atoms with Crippen LogP contribution in [0.15, 0.2) is 60.7 Å². The third-order valence-corrected chi connectivity index (χ3v) is 5.90. The number of aliphatic hydroxyl groups is 1. The molecule has 132 valence electrons. The fourth-order valence-electron chi connectivity index (χ4n) is 4.50. The minimum Gasteiger partial charge on any atom is -0.383 e. The fourth-order valence-corrected chi connectivity index (χ4v) is 4.50. The van der Waals surface area contributed by atoms with E-state index in [-0.39, 0.29) is 6.04 Å². The van der Waals surface area contributed by atoms with Gasteiger partial charge in [0.2, 0.25) is 0 Å². The summed E-state index contributed by atoms with van der Waals surface area (Å²) in [6.45, 7) is 5.05. The first kappa shape index (κ1) is 16.8. The lowest BCUT2D eigenvalue weighted by Gasteiger charge is -2.48. The van der Waals surface area contributed by atoms with Gasteiger partial charge in [0, 0.05) is 19.6 Å². The van der Waals surface area contributed by atoms with Crippen LogP contribution in [0.25, 0.3) is 0 Å². The van der Waals surface area contributed by atoms with Crippen LogP contribution in [0.5, 0.6) is 0 Å². The molecule has 2 heterocycles. The van der Waals surface area contributed by atoms with Crippen molar-refractivity contribution in [3.63, 3.8) is 0 Å². The maximum Gasteiger partial charge on any atom is 0.108 e. The number of benzene rings is 2. The summed E-state index contributed by atoms with van der Waals surface area (Å²) in [4.78, 5) is 5.03. The first-order valence-corrected chi connectivity index (χ1v) is 9.54. The van der Waals surface area contributed by atoms with Crippen LogP contribution >= 0.6 is 0 Å². The van der Waals surface area contributed by atoms with Crippen molar-refractivity contribution in [2.45, 2.75) is 37.5 Å². The Labute approximate surface area is 150 Å². The van der Waals surface area contributed by atoms with E-state index < -0.39 is 5.60 Å². The number of hydrogen-bond acceptors (Lipinski definition) is 3. The molecule has 2 aromatic rings. The molecule has 2 aromatic carbocycles. The SMILES string of the molecule is O[C@]1(c2ccccc2)CCN(Cc2ccccc2)C[C@H]1N1CCCC1. The van der Waals surface area contributed by atoms with Gasteiger partial charge in [0.15, 0.2) is 0 Å². The Hall–Kier alpha value is -1.68. The molecule has 0 radical (unpaired) electrons. The molecule has 0 unspecified atom stereocenters. The third kappa shape index (κ3) is 3.50. The molecule has 0 spiro atoms. The van der Waals surface area contributed by atoms with Crippen LogP contribution in [0.3, 0.4) is 0 Å². The molecule has 2 fully saturated rings. The molecule has 4 rings (SSSR count). The zero-order chi connectivity index (χ0) is 17.1. The van der Waals surface area contributed by atoms with Gasteiger partial charge in [0.1, 0.15) is 5.60 Å². The average Bonchev–Trinajstić information content (AvgIpc) is 3.19. The number of nitrogens with zero attached hydrogens (tertiary/aromatic N) is 2. The summed E-state index contributed by atoms with van der Waals surface area (Å²) in [6.07, 6.45) is 3.30. The second-order valence-corrected chi connectivity index (χ2v) is 7.52. The highest BCUT2D eigenvalue weighted by molar-refractivity contribution is 5.26. The van der Waals surface area contributed by atoms with Crippen LogP contribution in [-0.2, 0) is 12.1 Å². The van der Waals surface area contributed by atoms with Gasteiger partial charge in [-0.25, -0.2) is 0 Å². The van der Waals surface area contributed by atoms with Crippen LogP contribution in [0, 0.1) is 0 Å². The summed E-state index contributed by atoms with van der Waals surface area (Å²) in [5, 5.41) is 11.7. The Morgan fingerprint density at radius 3 is 2.20 bits per heavy atom. The van der Waals surface area contributed by atoms with Gasteiger partial charge in [-0.15, -0.1) is 0 Å². The maximum absolute atomic E-state index is 11.7. The summed E-state index contributed by atoms with van der Waals surface area (Å²) in [6, 6.07) is 21.2. The predicted molar refractivity (Wildman–Crippen MR) is 101 cm³/mol. The van der Waals surface area contributed by atoms with Crippen LogP contribution in [0.4, 0.5) is 0 Å². The summed E-state index contributed by atoms with van der Waals surface area (Å²) < 4.78 is 0. The monoisotopic (exact) mass is 336 g/mol. The van der Waals surface area contributed by atoms with E-state index in [4.69, 9.17) is 0 Å². The zero-order valence-corrected chi connectivity index (χ0v) is 14.8. The number of rotatable bonds is 4. The van der Waals surface area contributed by atoms with Crippen molar-refractivity contribution in [2.24, 2.45) is 0 Å². The molecule has 2 atom stereocenters.